The van der Waals surface area contributed by atoms with Gasteiger partial charge in [0.15, 0.2) is 0 Å². The van der Waals surface area contributed by atoms with Crippen molar-refractivity contribution in [2.24, 2.45) is 0 Å². The van der Waals surface area contributed by atoms with Crippen molar-refractivity contribution in [3.8, 4) is 0 Å². The molecule has 0 bridgehead atoms. The molecule has 1 aromatic carbocycles. The van der Waals surface area contributed by atoms with Crippen molar-refractivity contribution < 1.29 is 14.6 Å². The number of hydrogen-bond acceptors (Lipinski definition) is 3. The fourth-order valence-corrected chi connectivity index (χ4v) is 1.63. The molecular weight excluding hydrogens is 221 g/mol. The van der Waals surface area contributed by atoms with Gasteiger partial charge in [-0.2, -0.15) is 0 Å². The molecule has 0 unspecified atom stereocenters. The highest BCUT2D eigenvalue weighted by molar-refractivity contribution is 5.57. The van der Waals surface area contributed by atoms with Crippen LogP contribution in [0, 0.1) is 5.82 Å². The number of hydrogen-bond donors (Lipinski definition) is 2. The number of halogens is 1. The highest BCUT2D eigenvalue weighted by atomic mass is 19.1. The van der Waals surface area contributed by atoms with Crippen LogP contribution in [-0.4, -0.2) is 29.4 Å². The summed E-state index contributed by atoms with van der Waals surface area (Å²) in [5.74, 6) is -0.396. The molecule has 0 aliphatic heterocycles. The summed E-state index contributed by atoms with van der Waals surface area (Å²) in [5, 5.41) is 19.0. The minimum absolute atomic E-state index is 0.100. The van der Waals surface area contributed by atoms with Crippen LogP contribution in [0.15, 0.2) is 18.2 Å². The SMILES string of the molecule is C[C@@H](O)c1cccc(F)c1N(C)C(C)(C)CO. The van der Waals surface area contributed by atoms with E-state index >= 15 is 0 Å². The molecule has 1 rings (SSSR count). The van der Waals surface area contributed by atoms with Crippen molar-refractivity contribution in [1.29, 1.82) is 0 Å². The highest BCUT2D eigenvalue weighted by Crippen LogP contribution is 2.32. The summed E-state index contributed by atoms with van der Waals surface area (Å²) in [6.45, 7) is 5.12. The third-order valence-electron chi connectivity index (χ3n) is 3.10. The van der Waals surface area contributed by atoms with Crippen LogP contribution in [0.5, 0.6) is 0 Å². The van der Waals surface area contributed by atoms with Crippen LogP contribution < -0.4 is 4.90 Å². The number of para-hydroxylation sites is 1. The molecule has 4 heteroatoms. The molecule has 17 heavy (non-hydrogen) atoms. The van der Waals surface area contributed by atoms with Gasteiger partial charge < -0.3 is 15.1 Å². The molecule has 0 aliphatic carbocycles. The van der Waals surface area contributed by atoms with Crippen molar-refractivity contribution in [3.05, 3.63) is 29.6 Å². The quantitative estimate of drug-likeness (QED) is 0.848. The number of aliphatic hydroxyl groups is 2. The van der Waals surface area contributed by atoms with Crippen LogP contribution in [0.4, 0.5) is 10.1 Å². The number of nitrogens with zero attached hydrogens (tertiary/aromatic N) is 1. The number of benzene rings is 1. The zero-order chi connectivity index (χ0) is 13.2. The van der Waals surface area contributed by atoms with Crippen LogP contribution in [0.3, 0.4) is 0 Å². The van der Waals surface area contributed by atoms with E-state index in [0.717, 1.165) is 0 Å². The number of anilines is 1. The van der Waals surface area contributed by atoms with Crippen LogP contribution >= 0.6 is 0 Å². The van der Waals surface area contributed by atoms with E-state index in [1.807, 2.05) is 13.8 Å². The molecule has 1 aromatic rings. The van der Waals surface area contributed by atoms with Crippen LogP contribution in [0.25, 0.3) is 0 Å². The van der Waals surface area contributed by atoms with Gasteiger partial charge in [-0.3, -0.25) is 0 Å². The Morgan fingerprint density at radius 1 is 1.41 bits per heavy atom. The van der Waals surface area contributed by atoms with Crippen LogP contribution in [0.2, 0.25) is 0 Å². The number of likely N-dealkylation sites (N-methyl/N-ethyl adjacent to an activating group) is 1. The first-order valence-electron chi connectivity index (χ1n) is 5.62. The topological polar surface area (TPSA) is 43.7 Å². The second-order valence-electron chi connectivity index (χ2n) is 4.88. The Kier molecular flexibility index (Phi) is 4.11. The van der Waals surface area contributed by atoms with Gasteiger partial charge in [0.25, 0.3) is 0 Å². The van der Waals surface area contributed by atoms with Gasteiger partial charge in [-0.15, -0.1) is 0 Å². The highest BCUT2D eigenvalue weighted by Gasteiger charge is 2.27. The molecule has 0 aromatic heterocycles. The number of rotatable bonds is 4. The van der Waals surface area contributed by atoms with Gasteiger partial charge in [-0.1, -0.05) is 12.1 Å². The molecule has 0 heterocycles. The summed E-state index contributed by atoms with van der Waals surface area (Å²) >= 11 is 0. The van der Waals surface area contributed by atoms with Gasteiger partial charge in [0.2, 0.25) is 0 Å². The molecule has 0 saturated heterocycles. The Bertz CT molecular complexity index is 391. The molecule has 96 valence electrons. The summed E-state index contributed by atoms with van der Waals surface area (Å²) < 4.78 is 13.9. The first-order chi connectivity index (χ1) is 7.81. The largest absolute Gasteiger partial charge is 0.394 e. The Balaban J connectivity index is 3.29. The van der Waals surface area contributed by atoms with E-state index in [9.17, 15) is 14.6 Å². The molecule has 1 atom stereocenters. The molecule has 3 nitrogen and oxygen atoms in total. The summed E-state index contributed by atoms with van der Waals surface area (Å²) in [4.78, 5) is 1.66. The van der Waals surface area contributed by atoms with E-state index in [-0.39, 0.29) is 6.61 Å². The first-order valence-corrected chi connectivity index (χ1v) is 5.62. The zero-order valence-electron chi connectivity index (χ0n) is 10.7. The predicted molar refractivity (Wildman–Crippen MR) is 66.6 cm³/mol. The Labute approximate surface area is 101 Å². The molecular formula is C13H20FNO2. The van der Waals surface area contributed by atoms with Crippen molar-refractivity contribution >= 4 is 5.69 Å². The van der Waals surface area contributed by atoms with Crippen molar-refractivity contribution in [3.63, 3.8) is 0 Å². The second kappa shape index (κ2) is 5.02. The van der Waals surface area contributed by atoms with Gasteiger partial charge in [0.1, 0.15) is 5.82 Å². The molecule has 0 radical (unpaired) electrons. The first kappa shape index (κ1) is 13.9. The maximum Gasteiger partial charge on any atom is 0.146 e. The average Bonchev–Trinajstić information content (AvgIpc) is 2.27. The molecule has 2 N–H and O–H groups in total. The standard InChI is InChI=1S/C13H20FNO2/c1-9(17)10-6-5-7-11(14)12(10)15(4)13(2,3)8-16/h5-7,9,16-17H,8H2,1-4H3/t9-/m1/s1. The van der Waals surface area contributed by atoms with Crippen LogP contribution in [-0.2, 0) is 0 Å². The smallest absolute Gasteiger partial charge is 0.146 e. The van der Waals surface area contributed by atoms with Gasteiger partial charge in [-0.25, -0.2) is 4.39 Å². The van der Waals surface area contributed by atoms with E-state index < -0.39 is 17.5 Å². The number of aliphatic hydroxyl groups excluding tert-OH is 2. The molecule has 0 saturated carbocycles. The summed E-state index contributed by atoms with van der Waals surface area (Å²) in [6, 6.07) is 4.61. The van der Waals surface area contributed by atoms with Crippen molar-refractivity contribution in [2.75, 3.05) is 18.6 Å². The summed E-state index contributed by atoms with van der Waals surface area (Å²) in [6.07, 6.45) is -0.752. The van der Waals surface area contributed by atoms with E-state index in [1.165, 1.54) is 6.07 Å². The molecule has 0 spiro atoms. The van der Waals surface area contributed by atoms with E-state index in [0.29, 0.717) is 11.3 Å². The Morgan fingerprint density at radius 2 is 2.00 bits per heavy atom. The third kappa shape index (κ3) is 2.76. The molecule has 0 aliphatic rings. The van der Waals surface area contributed by atoms with Crippen molar-refractivity contribution in [2.45, 2.75) is 32.4 Å². The fourth-order valence-electron chi connectivity index (χ4n) is 1.63. The Morgan fingerprint density at radius 3 is 2.47 bits per heavy atom. The minimum Gasteiger partial charge on any atom is -0.394 e. The third-order valence-corrected chi connectivity index (χ3v) is 3.10. The predicted octanol–water partition coefficient (Wildman–Crippen LogP) is 2.09. The Hall–Kier alpha value is -1.13. The zero-order valence-corrected chi connectivity index (χ0v) is 10.7. The van der Waals surface area contributed by atoms with Gasteiger partial charge in [0, 0.05) is 12.6 Å². The molecule has 0 fully saturated rings. The fraction of sp³-hybridized carbons (Fsp3) is 0.538. The maximum atomic E-state index is 13.9. The minimum atomic E-state index is -0.752. The molecule has 0 amide bonds. The van der Waals surface area contributed by atoms with Gasteiger partial charge >= 0.3 is 0 Å². The van der Waals surface area contributed by atoms with Gasteiger partial charge in [-0.05, 0) is 26.8 Å². The lowest BCUT2D eigenvalue weighted by atomic mass is 10.00. The van der Waals surface area contributed by atoms with E-state index in [2.05, 4.69) is 0 Å². The van der Waals surface area contributed by atoms with E-state index in [4.69, 9.17) is 0 Å². The summed E-state index contributed by atoms with van der Waals surface area (Å²) in [7, 11) is 1.71. The monoisotopic (exact) mass is 241 g/mol. The summed E-state index contributed by atoms with van der Waals surface area (Å²) in [5.41, 5.74) is 0.266. The maximum absolute atomic E-state index is 13.9. The lowest BCUT2D eigenvalue weighted by Crippen LogP contribution is -2.45. The van der Waals surface area contributed by atoms with E-state index in [1.54, 1.807) is 31.0 Å². The lowest BCUT2D eigenvalue weighted by molar-refractivity contribution is 0.195. The van der Waals surface area contributed by atoms with Crippen LogP contribution in [0.1, 0.15) is 32.4 Å². The normalized spacial score (nSPS) is 13.6. The average molecular weight is 241 g/mol. The lowest BCUT2D eigenvalue weighted by Gasteiger charge is -2.37. The van der Waals surface area contributed by atoms with Gasteiger partial charge in [0.05, 0.1) is 23.9 Å². The second-order valence-corrected chi connectivity index (χ2v) is 4.88. The van der Waals surface area contributed by atoms with Crippen molar-refractivity contribution in [1.82, 2.24) is 0 Å².